The molecular formula is C43H55F3O. The average molecular weight is 645 g/mol. The van der Waals surface area contributed by atoms with Gasteiger partial charge in [0, 0.05) is 11.1 Å². The van der Waals surface area contributed by atoms with Crippen LogP contribution in [0.4, 0.5) is 13.2 Å². The highest BCUT2D eigenvalue weighted by Crippen LogP contribution is 2.45. The normalized spacial score (nSPS) is 21.7. The summed E-state index contributed by atoms with van der Waals surface area (Å²) < 4.78 is 50.9. The van der Waals surface area contributed by atoms with Crippen molar-refractivity contribution < 1.29 is 17.9 Å². The maximum Gasteiger partial charge on any atom is 0.201 e. The number of rotatable bonds is 15. The van der Waals surface area contributed by atoms with Crippen LogP contribution < -0.4 is 4.74 Å². The van der Waals surface area contributed by atoms with E-state index in [-0.39, 0.29) is 17.1 Å². The van der Waals surface area contributed by atoms with Crippen LogP contribution in [0.1, 0.15) is 128 Å². The van der Waals surface area contributed by atoms with Crippen LogP contribution in [0.3, 0.4) is 0 Å². The molecule has 0 aliphatic heterocycles. The highest BCUT2D eigenvalue weighted by molar-refractivity contribution is 5.71. The van der Waals surface area contributed by atoms with E-state index < -0.39 is 11.6 Å². The zero-order valence-electron chi connectivity index (χ0n) is 28.7. The summed E-state index contributed by atoms with van der Waals surface area (Å²) >= 11 is 0. The van der Waals surface area contributed by atoms with Crippen molar-refractivity contribution >= 4 is 0 Å². The Bertz CT molecular complexity index is 1410. The number of allylic oxidation sites excluding steroid dienone is 2. The van der Waals surface area contributed by atoms with Gasteiger partial charge in [0.25, 0.3) is 0 Å². The second-order valence-electron chi connectivity index (χ2n) is 14.2. The molecule has 0 N–H and O–H groups in total. The van der Waals surface area contributed by atoms with E-state index in [0.29, 0.717) is 23.7 Å². The van der Waals surface area contributed by atoms with E-state index in [2.05, 4.69) is 32.1 Å². The predicted molar refractivity (Wildman–Crippen MR) is 190 cm³/mol. The first-order chi connectivity index (χ1) is 23.0. The molecule has 1 nitrogen and oxygen atoms in total. The van der Waals surface area contributed by atoms with Gasteiger partial charge in [-0.2, -0.15) is 4.39 Å². The van der Waals surface area contributed by atoms with E-state index in [1.807, 2.05) is 6.07 Å². The topological polar surface area (TPSA) is 9.23 Å². The lowest BCUT2D eigenvalue weighted by Crippen LogP contribution is -2.25. The van der Waals surface area contributed by atoms with Crippen LogP contribution in [-0.2, 0) is 0 Å². The molecule has 0 amide bonds. The molecule has 3 aromatic rings. The molecule has 2 aliphatic carbocycles. The molecule has 47 heavy (non-hydrogen) atoms. The summed E-state index contributed by atoms with van der Waals surface area (Å²) in [5.74, 6) is 0.881. The van der Waals surface area contributed by atoms with Crippen molar-refractivity contribution in [1.82, 2.24) is 0 Å². The maximum absolute atomic E-state index is 15.5. The Labute approximate surface area is 282 Å². The molecule has 2 saturated carbocycles. The Balaban J connectivity index is 1.13. The van der Waals surface area contributed by atoms with Crippen molar-refractivity contribution in [2.24, 2.45) is 17.8 Å². The Morgan fingerprint density at radius 1 is 0.681 bits per heavy atom. The summed E-state index contributed by atoms with van der Waals surface area (Å²) in [5.41, 5.74) is 3.08. The van der Waals surface area contributed by atoms with Crippen molar-refractivity contribution in [2.75, 3.05) is 6.61 Å². The maximum atomic E-state index is 15.5. The van der Waals surface area contributed by atoms with E-state index in [1.54, 1.807) is 36.4 Å². The van der Waals surface area contributed by atoms with E-state index in [0.717, 1.165) is 61.0 Å². The summed E-state index contributed by atoms with van der Waals surface area (Å²) in [6, 6.07) is 15.8. The van der Waals surface area contributed by atoms with Crippen LogP contribution in [0, 0.1) is 35.2 Å². The predicted octanol–water partition coefficient (Wildman–Crippen LogP) is 13.6. The van der Waals surface area contributed by atoms with Gasteiger partial charge in [0.15, 0.2) is 11.6 Å². The summed E-state index contributed by atoms with van der Waals surface area (Å²) in [6.45, 7) is 4.67. The number of unbranched alkanes of at least 4 members (excludes halogenated alkanes) is 5. The minimum atomic E-state index is -0.962. The highest BCUT2D eigenvalue weighted by atomic mass is 19.2. The third kappa shape index (κ3) is 9.55. The van der Waals surface area contributed by atoms with Gasteiger partial charge in [0.2, 0.25) is 5.82 Å². The van der Waals surface area contributed by atoms with Gasteiger partial charge >= 0.3 is 0 Å². The molecule has 3 aromatic carbocycles. The van der Waals surface area contributed by atoms with Gasteiger partial charge in [0.05, 0.1) is 6.61 Å². The fraction of sp³-hybridized carbons (Fsp3) is 0.535. The van der Waals surface area contributed by atoms with Gasteiger partial charge < -0.3 is 4.74 Å². The fourth-order valence-corrected chi connectivity index (χ4v) is 8.15. The summed E-state index contributed by atoms with van der Waals surface area (Å²) in [4.78, 5) is 0. The molecule has 0 aromatic heterocycles. The molecule has 0 spiro atoms. The lowest BCUT2D eigenvalue weighted by atomic mass is 9.68. The van der Waals surface area contributed by atoms with Crippen LogP contribution in [0.15, 0.2) is 66.7 Å². The smallest absolute Gasteiger partial charge is 0.201 e. The number of ether oxygens (including phenoxy) is 1. The Morgan fingerprint density at radius 2 is 1.30 bits per heavy atom. The quantitative estimate of drug-likeness (QED) is 0.118. The fourth-order valence-electron chi connectivity index (χ4n) is 8.15. The van der Waals surface area contributed by atoms with Crippen LogP contribution >= 0.6 is 0 Å². The van der Waals surface area contributed by atoms with Gasteiger partial charge in [-0.15, -0.1) is 0 Å². The van der Waals surface area contributed by atoms with Crippen molar-refractivity contribution in [1.29, 1.82) is 0 Å². The molecule has 0 bridgehead atoms. The third-order valence-electron chi connectivity index (χ3n) is 11.1. The standard InChI is InChI=1S/C43H55F3O/c1-3-5-7-8-9-11-29-47-41-28-27-39(42(45)43(41)46)36-23-21-35(22-24-36)38-26-25-37(30-40(38)44)34-19-17-33(18-20-34)32-15-13-31(14-16-32)12-10-6-4-2/h4,6,21-28,30-34H,3,5,7-20,29H2,1-2H3/b6-4+. The molecule has 4 heteroatoms. The molecule has 0 atom stereocenters. The second kappa shape index (κ2) is 17.9. The van der Waals surface area contributed by atoms with Crippen molar-refractivity contribution in [3.8, 4) is 28.0 Å². The van der Waals surface area contributed by atoms with Crippen molar-refractivity contribution in [3.63, 3.8) is 0 Å². The minimum Gasteiger partial charge on any atom is -0.490 e. The van der Waals surface area contributed by atoms with Crippen LogP contribution in [0.2, 0.25) is 0 Å². The van der Waals surface area contributed by atoms with Crippen molar-refractivity contribution in [3.05, 3.63) is 89.8 Å². The number of benzene rings is 3. The van der Waals surface area contributed by atoms with Crippen LogP contribution in [0.25, 0.3) is 22.3 Å². The molecule has 2 aliphatic rings. The first-order valence-corrected chi connectivity index (χ1v) is 18.6. The van der Waals surface area contributed by atoms with E-state index in [4.69, 9.17) is 4.74 Å². The third-order valence-corrected chi connectivity index (χ3v) is 11.1. The molecule has 0 radical (unpaired) electrons. The zero-order valence-corrected chi connectivity index (χ0v) is 28.7. The molecule has 0 saturated heterocycles. The molecular weight excluding hydrogens is 589 g/mol. The first kappa shape index (κ1) is 35.3. The number of hydrogen-bond donors (Lipinski definition) is 0. The molecule has 0 heterocycles. The summed E-state index contributed by atoms with van der Waals surface area (Å²) in [6.07, 6.45) is 24.0. The van der Waals surface area contributed by atoms with Crippen molar-refractivity contribution in [2.45, 2.75) is 122 Å². The van der Waals surface area contributed by atoms with Crippen LogP contribution in [0.5, 0.6) is 5.75 Å². The first-order valence-electron chi connectivity index (χ1n) is 18.6. The molecule has 0 unspecified atom stereocenters. The molecule has 254 valence electrons. The average Bonchev–Trinajstić information content (AvgIpc) is 3.10. The Morgan fingerprint density at radius 3 is 1.96 bits per heavy atom. The summed E-state index contributed by atoms with van der Waals surface area (Å²) in [5, 5.41) is 0. The lowest BCUT2D eigenvalue weighted by molar-refractivity contribution is 0.157. The zero-order chi connectivity index (χ0) is 33.0. The lowest BCUT2D eigenvalue weighted by Gasteiger charge is -2.38. The minimum absolute atomic E-state index is 0.0505. The van der Waals surface area contributed by atoms with Gasteiger partial charge in [0.1, 0.15) is 5.82 Å². The Hall–Kier alpha value is -3.01. The summed E-state index contributed by atoms with van der Waals surface area (Å²) in [7, 11) is 0. The largest absolute Gasteiger partial charge is 0.490 e. The van der Waals surface area contributed by atoms with E-state index in [1.165, 1.54) is 76.7 Å². The SMILES string of the molecule is C/C=C/CCC1CCC(C2CCC(c3ccc(-c4ccc(-c5ccc(OCCCCCCCC)c(F)c5F)cc4)c(F)c3)CC2)CC1. The van der Waals surface area contributed by atoms with E-state index >= 15 is 8.78 Å². The highest BCUT2D eigenvalue weighted by Gasteiger charge is 2.31. The second-order valence-corrected chi connectivity index (χ2v) is 14.2. The van der Waals surface area contributed by atoms with Gasteiger partial charge in [-0.3, -0.25) is 0 Å². The van der Waals surface area contributed by atoms with E-state index in [9.17, 15) is 4.39 Å². The Kier molecular flexibility index (Phi) is 13.5. The monoisotopic (exact) mass is 644 g/mol. The van der Waals surface area contributed by atoms with Gasteiger partial charge in [-0.25, -0.2) is 8.78 Å². The van der Waals surface area contributed by atoms with Gasteiger partial charge in [-0.05, 0) is 123 Å². The van der Waals surface area contributed by atoms with Gasteiger partial charge in [-0.1, -0.05) is 100 Å². The molecule has 5 rings (SSSR count). The number of halogens is 3. The van der Waals surface area contributed by atoms with Crippen LogP contribution in [-0.4, -0.2) is 6.61 Å². The molecule has 2 fully saturated rings. The number of hydrogen-bond acceptors (Lipinski definition) is 1.